The molecule has 4 atom stereocenters. The predicted molar refractivity (Wildman–Crippen MR) is 92.5 cm³/mol. The van der Waals surface area contributed by atoms with Crippen LogP contribution in [-0.4, -0.2) is 43.0 Å². The Balaban J connectivity index is 1.58. The van der Waals surface area contributed by atoms with Crippen LogP contribution in [-0.2, 0) is 4.74 Å². The van der Waals surface area contributed by atoms with Crippen LogP contribution in [0, 0.1) is 11.8 Å². The molecule has 0 aromatic heterocycles. The van der Waals surface area contributed by atoms with Gasteiger partial charge in [0.15, 0.2) is 0 Å². The topological polar surface area (TPSA) is 12.5 Å². The molecule has 4 saturated heterocycles. The third-order valence-electron chi connectivity index (χ3n) is 7.60. The van der Waals surface area contributed by atoms with Crippen molar-refractivity contribution in [2.75, 3.05) is 13.2 Å². The largest absolute Gasteiger partial charge is 0.377 e. The maximum atomic E-state index is 5.67. The molecule has 4 unspecified atom stereocenters. The Morgan fingerprint density at radius 3 is 2.36 bits per heavy atom. The summed E-state index contributed by atoms with van der Waals surface area (Å²) in [5.41, 5.74) is 0.396. The third kappa shape index (κ3) is 2.14. The highest BCUT2D eigenvalue weighted by Crippen LogP contribution is 2.62. The van der Waals surface area contributed by atoms with E-state index in [9.17, 15) is 0 Å². The summed E-state index contributed by atoms with van der Waals surface area (Å²) in [5, 5.41) is 0.568. The van der Waals surface area contributed by atoms with Gasteiger partial charge in [-0.05, 0) is 44.9 Å². The molecule has 5 rings (SSSR count). The van der Waals surface area contributed by atoms with Gasteiger partial charge in [0.1, 0.15) is 7.28 Å². The Kier molecular flexibility index (Phi) is 3.70. The van der Waals surface area contributed by atoms with Gasteiger partial charge in [-0.1, -0.05) is 44.2 Å². The lowest BCUT2D eigenvalue weighted by Crippen LogP contribution is -2.71. The summed E-state index contributed by atoms with van der Waals surface area (Å²) >= 11 is 0. The smallest absolute Gasteiger partial charge is 0.122 e. The molecule has 22 heavy (non-hydrogen) atoms. The van der Waals surface area contributed by atoms with Gasteiger partial charge in [-0.2, -0.15) is 0 Å². The average Bonchev–Trinajstić information content (AvgIpc) is 2.34. The van der Waals surface area contributed by atoms with Crippen molar-refractivity contribution in [2.45, 2.75) is 95.0 Å². The lowest BCUT2D eigenvalue weighted by Gasteiger charge is -2.63. The fourth-order valence-electron chi connectivity index (χ4n) is 6.35. The van der Waals surface area contributed by atoms with Crippen molar-refractivity contribution in [1.29, 1.82) is 0 Å². The minimum Gasteiger partial charge on any atom is -0.377 e. The molecule has 0 aromatic carbocycles. The molecular formula is C19H33BNO. The van der Waals surface area contributed by atoms with Crippen LogP contribution < -0.4 is 0 Å². The fraction of sp³-hybridized carbons (Fsp3) is 1.00. The van der Waals surface area contributed by atoms with Crippen LogP contribution in [0.5, 0.6) is 0 Å². The zero-order chi connectivity index (χ0) is 15.5. The van der Waals surface area contributed by atoms with E-state index in [1.807, 2.05) is 0 Å². The van der Waals surface area contributed by atoms with Crippen LogP contribution >= 0.6 is 0 Å². The molecule has 1 saturated carbocycles. The van der Waals surface area contributed by atoms with E-state index in [0.717, 1.165) is 36.9 Å². The Bertz CT molecular complexity index is 425. The molecule has 3 heteroatoms. The zero-order valence-corrected chi connectivity index (χ0v) is 15.0. The normalized spacial score (nSPS) is 43.8. The van der Waals surface area contributed by atoms with Crippen molar-refractivity contribution in [3.63, 3.8) is 0 Å². The second-order valence-corrected chi connectivity index (χ2v) is 9.38. The molecule has 4 heterocycles. The van der Waals surface area contributed by atoms with Gasteiger partial charge >= 0.3 is 0 Å². The summed E-state index contributed by atoms with van der Waals surface area (Å²) in [6.45, 7) is 11.7. The fourth-order valence-corrected chi connectivity index (χ4v) is 6.35. The van der Waals surface area contributed by atoms with Crippen LogP contribution in [0.15, 0.2) is 0 Å². The molecule has 0 N–H and O–H groups in total. The van der Waals surface area contributed by atoms with Crippen LogP contribution in [0.25, 0.3) is 0 Å². The number of piperidine rings is 1. The number of likely N-dealkylation sites (tertiary alicyclic amines) is 1. The molecule has 5 fully saturated rings. The highest BCUT2D eigenvalue weighted by Gasteiger charge is 2.56. The quantitative estimate of drug-likeness (QED) is 0.711. The van der Waals surface area contributed by atoms with Crippen LogP contribution in [0.1, 0.15) is 66.2 Å². The number of rotatable bonds is 2. The van der Waals surface area contributed by atoms with Gasteiger partial charge in [-0.15, -0.1) is 0 Å². The summed E-state index contributed by atoms with van der Waals surface area (Å²) < 4.78 is 5.67. The number of fused-ring (bicyclic) bond motifs is 1. The van der Waals surface area contributed by atoms with Gasteiger partial charge in [0.05, 0.1) is 18.8 Å². The summed E-state index contributed by atoms with van der Waals surface area (Å²) in [4.78, 5) is 2.91. The van der Waals surface area contributed by atoms with E-state index in [4.69, 9.17) is 4.74 Å². The van der Waals surface area contributed by atoms with Gasteiger partial charge in [0, 0.05) is 12.1 Å². The van der Waals surface area contributed by atoms with Crippen molar-refractivity contribution in [1.82, 2.24) is 4.90 Å². The molecule has 2 bridgehead atoms. The van der Waals surface area contributed by atoms with Crippen LogP contribution in [0.4, 0.5) is 0 Å². The number of ether oxygens (including phenoxy) is 1. The molecule has 5 aliphatic rings. The van der Waals surface area contributed by atoms with Crippen molar-refractivity contribution in [2.24, 2.45) is 11.8 Å². The maximum Gasteiger partial charge on any atom is 0.122 e. The highest BCUT2D eigenvalue weighted by atomic mass is 16.5. The summed E-state index contributed by atoms with van der Waals surface area (Å²) in [5.74, 6) is 2.66. The number of nitrogens with zero attached hydrogens (tertiary/aromatic N) is 1. The molecule has 1 spiro atoms. The van der Waals surface area contributed by atoms with Crippen LogP contribution in [0.2, 0.25) is 11.1 Å². The van der Waals surface area contributed by atoms with E-state index < -0.39 is 0 Å². The SMILES string of the molecule is CC(C)N1C2CCC3(C(C)C)[B]C(CC2CCC12COC2)C3. The van der Waals surface area contributed by atoms with E-state index in [1.54, 1.807) is 0 Å². The van der Waals surface area contributed by atoms with Gasteiger partial charge in [-0.25, -0.2) is 0 Å². The first-order valence-electron chi connectivity index (χ1n) is 9.68. The van der Waals surface area contributed by atoms with Gasteiger partial charge < -0.3 is 4.74 Å². The van der Waals surface area contributed by atoms with Crippen molar-refractivity contribution in [3.05, 3.63) is 0 Å². The number of hydrogen-bond donors (Lipinski definition) is 0. The minimum atomic E-state index is 0.396. The van der Waals surface area contributed by atoms with Crippen molar-refractivity contribution < 1.29 is 4.74 Å². The third-order valence-corrected chi connectivity index (χ3v) is 7.60. The van der Waals surface area contributed by atoms with E-state index in [1.165, 1.54) is 38.5 Å². The molecule has 4 aliphatic heterocycles. The summed E-state index contributed by atoms with van der Waals surface area (Å²) in [6.07, 6.45) is 8.57. The molecule has 2 nitrogen and oxygen atoms in total. The van der Waals surface area contributed by atoms with Crippen LogP contribution in [0.3, 0.4) is 0 Å². The lowest BCUT2D eigenvalue weighted by atomic mass is 9.26. The molecular weight excluding hydrogens is 269 g/mol. The standard InChI is InChI=1S/C19H33BNO/c1-13(2)19-8-6-17-15(9-16(10-19)20-19)5-7-18(11-22-12-18)21(17)14(3)4/h13-17H,5-12H2,1-4H3. The Morgan fingerprint density at radius 2 is 1.82 bits per heavy atom. The van der Waals surface area contributed by atoms with E-state index in [2.05, 4.69) is 39.9 Å². The predicted octanol–water partition coefficient (Wildman–Crippen LogP) is 4.14. The lowest BCUT2D eigenvalue weighted by molar-refractivity contribution is -0.197. The van der Waals surface area contributed by atoms with Gasteiger partial charge in [0.2, 0.25) is 0 Å². The Labute approximate surface area is 137 Å². The molecule has 0 aromatic rings. The average molecular weight is 302 g/mol. The first kappa shape index (κ1) is 15.5. The first-order chi connectivity index (χ1) is 10.5. The second-order valence-electron chi connectivity index (χ2n) is 9.38. The zero-order valence-electron chi connectivity index (χ0n) is 15.0. The van der Waals surface area contributed by atoms with E-state index >= 15 is 0 Å². The number of hydrogen-bond acceptors (Lipinski definition) is 2. The maximum absolute atomic E-state index is 5.67. The van der Waals surface area contributed by atoms with E-state index in [0.29, 0.717) is 16.9 Å². The highest BCUT2D eigenvalue weighted by molar-refractivity contribution is 6.46. The molecule has 1 aliphatic carbocycles. The second kappa shape index (κ2) is 5.24. The summed E-state index contributed by atoms with van der Waals surface area (Å²) in [7, 11) is 2.75. The Morgan fingerprint density at radius 1 is 1.09 bits per heavy atom. The molecule has 0 amide bonds. The summed E-state index contributed by atoms with van der Waals surface area (Å²) in [6, 6.07) is 1.47. The molecule has 1 radical (unpaired) electrons. The van der Waals surface area contributed by atoms with Crippen molar-refractivity contribution >= 4 is 7.28 Å². The first-order valence-corrected chi connectivity index (χ1v) is 9.68. The van der Waals surface area contributed by atoms with Crippen molar-refractivity contribution in [3.8, 4) is 0 Å². The monoisotopic (exact) mass is 302 g/mol. The Hall–Kier alpha value is -0.0151. The minimum absolute atomic E-state index is 0.396. The molecule has 123 valence electrons. The van der Waals surface area contributed by atoms with Gasteiger partial charge in [-0.3, -0.25) is 4.90 Å². The van der Waals surface area contributed by atoms with Gasteiger partial charge in [0.25, 0.3) is 0 Å². The van der Waals surface area contributed by atoms with E-state index in [-0.39, 0.29) is 0 Å².